The molecule has 0 saturated heterocycles. The van der Waals surface area contributed by atoms with Gasteiger partial charge in [-0.25, -0.2) is 9.97 Å². The number of fused-ring (bicyclic) bond motifs is 1. The first-order valence-electron chi connectivity index (χ1n) is 7.94. The van der Waals surface area contributed by atoms with E-state index in [0.717, 1.165) is 16.9 Å². The van der Waals surface area contributed by atoms with Gasteiger partial charge < -0.3 is 9.88 Å². The van der Waals surface area contributed by atoms with Crippen molar-refractivity contribution in [2.45, 2.75) is 20.8 Å². The zero-order valence-electron chi connectivity index (χ0n) is 14.7. The number of rotatable bonds is 3. The average Bonchev–Trinajstić information content (AvgIpc) is 2.96. The summed E-state index contributed by atoms with van der Waals surface area (Å²) in [6, 6.07) is 8.10. The van der Waals surface area contributed by atoms with Crippen molar-refractivity contribution in [2.24, 2.45) is 5.41 Å². The molecular formula is C19H22N4O. The van der Waals surface area contributed by atoms with Crippen molar-refractivity contribution in [2.75, 3.05) is 19.0 Å². The van der Waals surface area contributed by atoms with Crippen LogP contribution in [0.1, 0.15) is 31.1 Å². The van der Waals surface area contributed by atoms with Gasteiger partial charge in [-0.15, -0.1) is 0 Å². The number of ketones is 1. The lowest BCUT2D eigenvalue weighted by Crippen LogP contribution is -2.20. The van der Waals surface area contributed by atoms with Crippen LogP contribution >= 0.6 is 0 Å². The van der Waals surface area contributed by atoms with E-state index in [1.54, 1.807) is 12.4 Å². The van der Waals surface area contributed by atoms with Gasteiger partial charge in [0.25, 0.3) is 0 Å². The summed E-state index contributed by atoms with van der Waals surface area (Å²) < 4.78 is 0. The van der Waals surface area contributed by atoms with E-state index in [-0.39, 0.29) is 5.78 Å². The summed E-state index contributed by atoms with van der Waals surface area (Å²) in [4.78, 5) is 26.9. The molecule has 0 radical (unpaired) electrons. The number of aromatic nitrogens is 3. The number of hydrogen-bond donors (Lipinski definition) is 1. The second-order valence-electron chi connectivity index (χ2n) is 7.18. The van der Waals surface area contributed by atoms with Gasteiger partial charge in [-0.3, -0.25) is 4.79 Å². The molecule has 2 heterocycles. The van der Waals surface area contributed by atoms with E-state index < -0.39 is 5.41 Å². The summed E-state index contributed by atoms with van der Waals surface area (Å²) in [5.41, 5.74) is 4.22. The Kier molecular flexibility index (Phi) is 3.87. The van der Waals surface area contributed by atoms with Crippen LogP contribution in [0.15, 0.2) is 36.7 Å². The van der Waals surface area contributed by atoms with Crippen LogP contribution in [0, 0.1) is 5.41 Å². The lowest BCUT2D eigenvalue weighted by Gasteiger charge is -2.15. The van der Waals surface area contributed by atoms with Crippen molar-refractivity contribution in [1.82, 2.24) is 15.0 Å². The third-order valence-corrected chi connectivity index (χ3v) is 3.96. The van der Waals surface area contributed by atoms with Crippen LogP contribution in [0.5, 0.6) is 0 Å². The Hall–Kier alpha value is -2.69. The van der Waals surface area contributed by atoms with Gasteiger partial charge in [-0.2, -0.15) is 0 Å². The molecule has 0 atom stereocenters. The smallest absolute Gasteiger partial charge is 0.171 e. The van der Waals surface area contributed by atoms with Crippen LogP contribution in [0.4, 0.5) is 5.69 Å². The van der Waals surface area contributed by atoms with Crippen molar-refractivity contribution in [3.05, 3.63) is 42.2 Å². The number of anilines is 1. The fraction of sp³-hybridized carbons (Fsp3) is 0.316. The Bertz CT molecular complexity index is 903. The van der Waals surface area contributed by atoms with Gasteiger partial charge in [0.1, 0.15) is 5.52 Å². The molecule has 0 fully saturated rings. The largest absolute Gasteiger partial charge is 0.378 e. The standard InChI is InChI=1S/C19H22N4O/c1-19(2,3)17(24)14-10-20-18-16(14)22-15(11-21-18)12-7-6-8-13(9-12)23(4)5/h6-11H,1-5H3,(H,20,21). The molecule has 2 aromatic heterocycles. The first kappa shape index (κ1) is 16.2. The number of aromatic amines is 1. The lowest BCUT2D eigenvalue weighted by atomic mass is 9.87. The number of benzene rings is 1. The highest BCUT2D eigenvalue weighted by molar-refractivity contribution is 6.08. The van der Waals surface area contributed by atoms with Gasteiger partial charge in [0.05, 0.1) is 17.5 Å². The zero-order valence-corrected chi connectivity index (χ0v) is 14.7. The van der Waals surface area contributed by atoms with Crippen molar-refractivity contribution in [1.29, 1.82) is 0 Å². The van der Waals surface area contributed by atoms with Crippen LogP contribution in [0.3, 0.4) is 0 Å². The highest BCUT2D eigenvalue weighted by Crippen LogP contribution is 2.27. The minimum atomic E-state index is -0.461. The number of hydrogen-bond acceptors (Lipinski definition) is 4. The van der Waals surface area contributed by atoms with Crippen molar-refractivity contribution in [3.63, 3.8) is 0 Å². The summed E-state index contributed by atoms with van der Waals surface area (Å²) in [6.45, 7) is 5.73. The summed E-state index contributed by atoms with van der Waals surface area (Å²) >= 11 is 0. The molecule has 1 aromatic carbocycles. The number of carbonyl (C=O) groups excluding carboxylic acids is 1. The van der Waals surface area contributed by atoms with Gasteiger partial charge in [-0.1, -0.05) is 32.9 Å². The molecule has 0 aliphatic carbocycles. The number of H-pyrrole nitrogens is 1. The molecule has 0 saturated carbocycles. The number of nitrogens with one attached hydrogen (secondary N) is 1. The molecule has 3 rings (SSSR count). The third-order valence-electron chi connectivity index (χ3n) is 3.96. The molecule has 0 amide bonds. The molecule has 3 aromatic rings. The highest BCUT2D eigenvalue weighted by atomic mass is 16.1. The molecule has 5 heteroatoms. The van der Waals surface area contributed by atoms with Crippen molar-refractivity contribution in [3.8, 4) is 11.3 Å². The lowest BCUT2D eigenvalue weighted by molar-refractivity contribution is 0.0860. The minimum Gasteiger partial charge on any atom is -0.378 e. The SMILES string of the molecule is CN(C)c1cccc(-c2cnc3[nH]cc(C(=O)C(C)(C)C)c3n2)c1. The second-order valence-corrected chi connectivity index (χ2v) is 7.18. The summed E-state index contributed by atoms with van der Waals surface area (Å²) in [7, 11) is 4.00. The Morgan fingerprint density at radius 1 is 1.21 bits per heavy atom. The van der Waals surface area contributed by atoms with Crippen LogP contribution in [0.25, 0.3) is 22.4 Å². The van der Waals surface area contributed by atoms with Gasteiger partial charge in [0.15, 0.2) is 11.4 Å². The summed E-state index contributed by atoms with van der Waals surface area (Å²) in [5.74, 6) is 0.0576. The fourth-order valence-corrected chi connectivity index (χ4v) is 2.55. The van der Waals surface area contributed by atoms with Crippen molar-refractivity contribution >= 4 is 22.6 Å². The molecule has 124 valence electrons. The summed E-state index contributed by atoms with van der Waals surface area (Å²) in [5, 5.41) is 0. The van der Waals surface area contributed by atoms with E-state index in [1.165, 1.54) is 0 Å². The Balaban J connectivity index is 2.11. The van der Waals surface area contributed by atoms with Gasteiger partial charge >= 0.3 is 0 Å². The molecule has 0 aliphatic heterocycles. The minimum absolute atomic E-state index is 0.0576. The third kappa shape index (κ3) is 2.89. The maximum Gasteiger partial charge on any atom is 0.171 e. The van der Waals surface area contributed by atoms with E-state index in [9.17, 15) is 4.79 Å². The number of carbonyl (C=O) groups is 1. The first-order chi connectivity index (χ1) is 11.3. The highest BCUT2D eigenvalue weighted by Gasteiger charge is 2.26. The predicted octanol–water partition coefficient (Wildman–Crippen LogP) is 3.92. The van der Waals surface area contributed by atoms with Gasteiger partial charge in [-0.05, 0) is 12.1 Å². The van der Waals surface area contributed by atoms with Gasteiger partial charge in [0.2, 0.25) is 0 Å². The average molecular weight is 322 g/mol. The maximum atomic E-state index is 12.6. The molecular weight excluding hydrogens is 300 g/mol. The number of Topliss-reactive ketones (excluding diaryl/α,β-unsaturated/α-hetero) is 1. The Labute approximate surface area is 141 Å². The van der Waals surface area contributed by atoms with E-state index >= 15 is 0 Å². The van der Waals surface area contributed by atoms with Crippen LogP contribution in [-0.4, -0.2) is 34.8 Å². The molecule has 1 N–H and O–H groups in total. The Morgan fingerprint density at radius 2 is 1.96 bits per heavy atom. The van der Waals surface area contributed by atoms with Crippen LogP contribution in [-0.2, 0) is 0 Å². The Morgan fingerprint density at radius 3 is 2.62 bits per heavy atom. The maximum absolute atomic E-state index is 12.6. The predicted molar refractivity (Wildman–Crippen MR) is 97.4 cm³/mol. The van der Waals surface area contributed by atoms with Gasteiger partial charge in [0, 0.05) is 37.0 Å². The van der Waals surface area contributed by atoms with E-state index in [4.69, 9.17) is 4.98 Å². The molecule has 0 unspecified atom stereocenters. The van der Waals surface area contributed by atoms with Crippen LogP contribution < -0.4 is 4.90 Å². The zero-order chi connectivity index (χ0) is 17.5. The molecule has 5 nitrogen and oxygen atoms in total. The molecule has 0 spiro atoms. The molecule has 24 heavy (non-hydrogen) atoms. The molecule has 0 aliphatic rings. The van der Waals surface area contributed by atoms with E-state index in [1.807, 2.05) is 58.0 Å². The monoisotopic (exact) mass is 322 g/mol. The molecule has 0 bridgehead atoms. The summed E-state index contributed by atoms with van der Waals surface area (Å²) in [6.07, 6.45) is 3.44. The number of nitrogens with zero attached hydrogens (tertiary/aromatic N) is 3. The van der Waals surface area contributed by atoms with Crippen LogP contribution in [0.2, 0.25) is 0 Å². The fourth-order valence-electron chi connectivity index (χ4n) is 2.55. The van der Waals surface area contributed by atoms with Crippen molar-refractivity contribution < 1.29 is 4.79 Å². The normalized spacial score (nSPS) is 11.7. The van der Waals surface area contributed by atoms with E-state index in [2.05, 4.69) is 16.0 Å². The quantitative estimate of drug-likeness (QED) is 0.742. The first-order valence-corrected chi connectivity index (χ1v) is 7.94. The second kappa shape index (κ2) is 5.74. The topological polar surface area (TPSA) is 61.9 Å². The van der Waals surface area contributed by atoms with E-state index in [0.29, 0.717) is 16.7 Å².